The van der Waals surface area contributed by atoms with Crippen molar-refractivity contribution in [3.8, 4) is 0 Å². The number of carbonyl (C=O) groups is 1. The minimum atomic E-state index is -0.0740. The number of benzene rings is 1. The summed E-state index contributed by atoms with van der Waals surface area (Å²) >= 11 is 9.34. The lowest BCUT2D eigenvalue weighted by atomic mass is 10.1. The summed E-state index contributed by atoms with van der Waals surface area (Å²) in [4.78, 5) is 12.0. The van der Waals surface area contributed by atoms with Gasteiger partial charge in [-0.3, -0.25) is 4.79 Å². The maximum absolute atomic E-state index is 12.0. The molecule has 3 nitrogen and oxygen atoms in total. The summed E-state index contributed by atoms with van der Waals surface area (Å²) in [6, 6.07) is 5.64. The number of carbonyl (C=O) groups excluding carboxylic acids is 1. The molecule has 0 spiro atoms. The smallest absolute Gasteiger partial charge is 0.251 e. The molecule has 0 saturated carbocycles. The Labute approximate surface area is 121 Å². The molecular weight excluding hydrogens is 318 g/mol. The topological polar surface area (TPSA) is 38.3 Å². The van der Waals surface area contributed by atoms with E-state index in [2.05, 4.69) is 21.2 Å². The Kier molecular flexibility index (Phi) is 6.68. The van der Waals surface area contributed by atoms with Crippen LogP contribution in [-0.2, 0) is 4.74 Å². The van der Waals surface area contributed by atoms with E-state index in [0.29, 0.717) is 25.1 Å². The lowest BCUT2D eigenvalue weighted by Gasteiger charge is -2.10. The molecule has 0 heterocycles. The summed E-state index contributed by atoms with van der Waals surface area (Å²) < 4.78 is 5.83. The Bertz CT molecular complexity index is 412. The lowest BCUT2D eigenvalue weighted by Crippen LogP contribution is -2.27. The first kappa shape index (κ1) is 15.5. The van der Waals surface area contributed by atoms with Crippen LogP contribution in [0, 0.1) is 6.92 Å². The largest absolute Gasteiger partial charge is 0.383 e. The van der Waals surface area contributed by atoms with Crippen molar-refractivity contribution in [1.82, 2.24) is 5.32 Å². The summed E-state index contributed by atoms with van der Waals surface area (Å²) in [6.07, 6.45) is 0.689. The Balaban J connectivity index is 2.48. The van der Waals surface area contributed by atoms with Crippen molar-refractivity contribution in [3.63, 3.8) is 0 Å². The van der Waals surface area contributed by atoms with Gasteiger partial charge in [0.25, 0.3) is 5.91 Å². The molecule has 0 fully saturated rings. The number of methoxy groups -OCH3 is 1. The van der Waals surface area contributed by atoms with Gasteiger partial charge in [-0.25, -0.2) is 0 Å². The highest BCUT2D eigenvalue weighted by molar-refractivity contribution is 9.10. The number of aryl methyl sites for hydroxylation is 1. The summed E-state index contributed by atoms with van der Waals surface area (Å²) in [5.74, 6) is -0.0740. The molecule has 0 bridgehead atoms. The number of amides is 1. The van der Waals surface area contributed by atoms with Crippen LogP contribution in [0.5, 0.6) is 0 Å². The van der Waals surface area contributed by atoms with Gasteiger partial charge < -0.3 is 10.1 Å². The molecule has 0 aliphatic heterocycles. The molecule has 1 N–H and O–H groups in total. The van der Waals surface area contributed by atoms with Gasteiger partial charge >= 0.3 is 0 Å². The van der Waals surface area contributed by atoms with Gasteiger partial charge in [0.05, 0.1) is 12.0 Å². The van der Waals surface area contributed by atoms with Crippen molar-refractivity contribution in [2.45, 2.75) is 18.7 Å². The molecule has 0 aliphatic rings. The molecule has 0 radical (unpaired) electrons. The van der Waals surface area contributed by atoms with Gasteiger partial charge in [-0.05, 0) is 31.0 Å². The Morgan fingerprint density at radius 2 is 2.28 bits per heavy atom. The maximum Gasteiger partial charge on any atom is 0.251 e. The fourth-order valence-electron chi connectivity index (χ4n) is 1.54. The Morgan fingerprint density at radius 3 is 2.94 bits per heavy atom. The molecule has 5 heteroatoms. The second-order valence-corrected chi connectivity index (χ2v) is 5.59. The molecule has 1 amide bonds. The van der Waals surface area contributed by atoms with Crippen LogP contribution in [0.3, 0.4) is 0 Å². The molecule has 1 aromatic rings. The highest BCUT2D eigenvalue weighted by Gasteiger charge is 2.10. The molecule has 0 aliphatic carbocycles. The van der Waals surface area contributed by atoms with Gasteiger partial charge in [-0.15, -0.1) is 11.6 Å². The number of halogens is 2. The van der Waals surface area contributed by atoms with Crippen LogP contribution in [0.1, 0.15) is 22.3 Å². The van der Waals surface area contributed by atoms with Crippen LogP contribution in [0.4, 0.5) is 0 Å². The molecule has 1 atom stereocenters. The quantitative estimate of drug-likeness (QED) is 0.812. The van der Waals surface area contributed by atoms with Crippen LogP contribution in [-0.4, -0.2) is 31.5 Å². The van der Waals surface area contributed by atoms with E-state index in [1.54, 1.807) is 7.11 Å². The second-order valence-electron chi connectivity index (χ2n) is 4.06. The number of rotatable bonds is 6. The lowest BCUT2D eigenvalue weighted by molar-refractivity contribution is 0.0951. The van der Waals surface area contributed by atoms with E-state index in [0.717, 1.165) is 10.0 Å². The fraction of sp³-hybridized carbons (Fsp3) is 0.462. The first-order valence-corrected chi connectivity index (χ1v) is 6.95. The SMILES string of the molecule is COCC(Cl)CCNC(=O)c1cc(Br)ccc1C. The van der Waals surface area contributed by atoms with Gasteiger partial charge in [0.15, 0.2) is 0 Å². The van der Waals surface area contributed by atoms with E-state index in [1.165, 1.54) is 0 Å². The molecule has 1 aromatic carbocycles. The van der Waals surface area contributed by atoms with Crippen molar-refractivity contribution in [2.24, 2.45) is 0 Å². The zero-order valence-corrected chi connectivity index (χ0v) is 12.8. The van der Waals surface area contributed by atoms with Gasteiger partial charge in [-0.1, -0.05) is 22.0 Å². The highest BCUT2D eigenvalue weighted by atomic mass is 79.9. The van der Waals surface area contributed by atoms with Crippen molar-refractivity contribution in [2.75, 3.05) is 20.3 Å². The highest BCUT2D eigenvalue weighted by Crippen LogP contribution is 2.15. The average molecular weight is 335 g/mol. The predicted octanol–water partition coefficient (Wildman–Crippen LogP) is 3.13. The first-order chi connectivity index (χ1) is 8.54. The third-order valence-corrected chi connectivity index (χ3v) is 3.37. The van der Waals surface area contributed by atoms with Crippen molar-refractivity contribution < 1.29 is 9.53 Å². The molecule has 18 heavy (non-hydrogen) atoms. The van der Waals surface area contributed by atoms with Gasteiger partial charge in [-0.2, -0.15) is 0 Å². The number of alkyl halides is 1. The summed E-state index contributed by atoms with van der Waals surface area (Å²) in [6.45, 7) is 2.95. The minimum absolute atomic E-state index is 0.0705. The van der Waals surface area contributed by atoms with Crippen LogP contribution >= 0.6 is 27.5 Å². The van der Waals surface area contributed by atoms with E-state index < -0.39 is 0 Å². The van der Waals surface area contributed by atoms with Crippen molar-refractivity contribution >= 4 is 33.4 Å². The maximum atomic E-state index is 12.0. The summed E-state index contributed by atoms with van der Waals surface area (Å²) in [5.41, 5.74) is 1.64. The third-order valence-electron chi connectivity index (χ3n) is 2.53. The zero-order valence-electron chi connectivity index (χ0n) is 10.5. The van der Waals surface area contributed by atoms with Gasteiger partial charge in [0.2, 0.25) is 0 Å². The normalized spacial score (nSPS) is 12.2. The minimum Gasteiger partial charge on any atom is -0.383 e. The third kappa shape index (κ3) is 4.96. The van der Waals surface area contributed by atoms with Gasteiger partial charge in [0.1, 0.15) is 0 Å². The van der Waals surface area contributed by atoms with E-state index in [1.807, 2.05) is 25.1 Å². The number of hydrogen-bond donors (Lipinski definition) is 1. The van der Waals surface area contributed by atoms with Crippen LogP contribution in [0.25, 0.3) is 0 Å². The predicted molar refractivity (Wildman–Crippen MR) is 77.3 cm³/mol. The Hall–Kier alpha value is -0.580. The second kappa shape index (κ2) is 7.77. The van der Waals surface area contributed by atoms with Crippen LogP contribution in [0.15, 0.2) is 22.7 Å². The fourth-order valence-corrected chi connectivity index (χ4v) is 2.14. The molecule has 1 rings (SSSR count). The van der Waals surface area contributed by atoms with E-state index in [-0.39, 0.29) is 11.3 Å². The molecule has 0 saturated heterocycles. The zero-order chi connectivity index (χ0) is 13.5. The molecular formula is C13H17BrClNO2. The van der Waals surface area contributed by atoms with Crippen LogP contribution in [0.2, 0.25) is 0 Å². The first-order valence-electron chi connectivity index (χ1n) is 5.72. The molecule has 0 aromatic heterocycles. The average Bonchev–Trinajstić information content (AvgIpc) is 2.32. The van der Waals surface area contributed by atoms with Gasteiger partial charge in [0, 0.05) is 23.7 Å². The van der Waals surface area contributed by atoms with Crippen molar-refractivity contribution in [3.05, 3.63) is 33.8 Å². The standard InChI is InChI=1S/C13H17BrClNO2/c1-9-3-4-10(14)7-12(9)13(17)16-6-5-11(15)8-18-2/h3-4,7,11H,5-6,8H2,1-2H3,(H,16,17). The monoisotopic (exact) mass is 333 g/mol. The summed E-state index contributed by atoms with van der Waals surface area (Å²) in [7, 11) is 1.61. The molecule has 100 valence electrons. The van der Waals surface area contributed by atoms with Crippen LogP contribution < -0.4 is 5.32 Å². The molecule has 1 unspecified atom stereocenters. The van der Waals surface area contributed by atoms with E-state index in [9.17, 15) is 4.79 Å². The number of ether oxygens (including phenoxy) is 1. The number of hydrogen-bond acceptors (Lipinski definition) is 2. The van der Waals surface area contributed by atoms with Crippen molar-refractivity contribution in [1.29, 1.82) is 0 Å². The number of nitrogens with one attached hydrogen (secondary N) is 1. The Morgan fingerprint density at radius 1 is 1.56 bits per heavy atom. The van der Waals surface area contributed by atoms with E-state index >= 15 is 0 Å². The van der Waals surface area contributed by atoms with E-state index in [4.69, 9.17) is 16.3 Å². The summed E-state index contributed by atoms with van der Waals surface area (Å²) in [5, 5.41) is 2.79.